The molecule has 3 heteroatoms. The maximum atomic E-state index is 5.14. The van der Waals surface area contributed by atoms with Gasteiger partial charge in [0.15, 0.2) is 0 Å². The molecule has 1 aromatic heterocycles. The van der Waals surface area contributed by atoms with Crippen molar-refractivity contribution in [3.63, 3.8) is 0 Å². The van der Waals surface area contributed by atoms with E-state index >= 15 is 0 Å². The van der Waals surface area contributed by atoms with Crippen LogP contribution in [0.15, 0.2) is 30.3 Å². The molecule has 0 fully saturated rings. The topological polar surface area (TPSA) is 21.1 Å². The highest BCUT2D eigenvalue weighted by Gasteiger charge is 2.28. The Bertz CT molecular complexity index is 626. The summed E-state index contributed by atoms with van der Waals surface area (Å²) in [6.07, 6.45) is 5.88. The lowest BCUT2D eigenvalue weighted by Gasteiger charge is -2.29. The molecule has 1 aromatic carbocycles. The first kappa shape index (κ1) is 16.1. The molecule has 1 aliphatic rings. The van der Waals surface area contributed by atoms with Gasteiger partial charge in [-0.2, -0.15) is 0 Å². The van der Waals surface area contributed by atoms with Crippen LogP contribution in [0.4, 0.5) is 0 Å². The Hall–Kier alpha value is -1.77. The summed E-state index contributed by atoms with van der Waals surface area (Å²) in [4.78, 5) is 5.14. The van der Waals surface area contributed by atoms with Gasteiger partial charge in [0.25, 0.3) is 0 Å². The van der Waals surface area contributed by atoms with Gasteiger partial charge < -0.3 is 5.01 Å². The highest BCUT2D eigenvalue weighted by Crippen LogP contribution is 2.34. The number of fused-ring (bicyclic) bond motifs is 1. The SMILES string of the molecule is CCC1CCCc2c1nc(Cc1ccccc1)n2N(CC)CC. The number of hydrogen-bond acceptors (Lipinski definition) is 2. The van der Waals surface area contributed by atoms with Crippen LogP contribution in [0.2, 0.25) is 0 Å². The van der Waals surface area contributed by atoms with Crippen LogP contribution < -0.4 is 5.01 Å². The van der Waals surface area contributed by atoms with Crippen molar-refractivity contribution in [2.75, 3.05) is 18.1 Å². The summed E-state index contributed by atoms with van der Waals surface area (Å²) in [6, 6.07) is 10.7. The molecule has 1 aliphatic carbocycles. The van der Waals surface area contributed by atoms with E-state index in [0.29, 0.717) is 5.92 Å². The van der Waals surface area contributed by atoms with E-state index in [2.05, 4.69) is 60.8 Å². The van der Waals surface area contributed by atoms with E-state index in [1.807, 2.05) is 0 Å². The van der Waals surface area contributed by atoms with E-state index < -0.39 is 0 Å². The largest absolute Gasteiger partial charge is 0.312 e. The van der Waals surface area contributed by atoms with E-state index in [9.17, 15) is 0 Å². The molecule has 0 radical (unpaired) electrons. The number of nitrogens with zero attached hydrogens (tertiary/aromatic N) is 3. The molecule has 1 unspecified atom stereocenters. The van der Waals surface area contributed by atoms with Crippen molar-refractivity contribution in [1.82, 2.24) is 9.66 Å². The van der Waals surface area contributed by atoms with Gasteiger partial charge in [-0.25, -0.2) is 9.66 Å². The highest BCUT2D eigenvalue weighted by molar-refractivity contribution is 5.29. The second kappa shape index (κ2) is 7.20. The third kappa shape index (κ3) is 3.15. The fraction of sp³-hybridized carbons (Fsp3) is 0.550. The molecule has 1 heterocycles. The van der Waals surface area contributed by atoms with Crippen LogP contribution in [0.3, 0.4) is 0 Å². The number of aromatic nitrogens is 2. The Balaban J connectivity index is 2.04. The van der Waals surface area contributed by atoms with E-state index in [1.54, 1.807) is 0 Å². The molecular weight excluding hydrogens is 282 g/mol. The van der Waals surface area contributed by atoms with Gasteiger partial charge >= 0.3 is 0 Å². The first-order chi connectivity index (χ1) is 11.3. The Morgan fingerprint density at radius 3 is 2.52 bits per heavy atom. The lowest BCUT2D eigenvalue weighted by molar-refractivity contribution is 0.500. The molecule has 0 amide bonds. The van der Waals surface area contributed by atoms with Crippen LogP contribution in [0.5, 0.6) is 0 Å². The fourth-order valence-electron chi connectivity index (χ4n) is 3.86. The van der Waals surface area contributed by atoms with Gasteiger partial charge in [0.05, 0.1) is 11.4 Å². The Kier molecular flexibility index (Phi) is 5.04. The maximum absolute atomic E-state index is 5.14. The van der Waals surface area contributed by atoms with Crippen LogP contribution in [0.1, 0.15) is 68.7 Å². The fourth-order valence-corrected chi connectivity index (χ4v) is 3.86. The molecular formula is C20H29N3. The summed E-state index contributed by atoms with van der Waals surface area (Å²) < 4.78 is 2.45. The van der Waals surface area contributed by atoms with Crippen LogP contribution in [0, 0.1) is 0 Å². The van der Waals surface area contributed by atoms with Gasteiger partial charge in [-0.1, -0.05) is 37.3 Å². The van der Waals surface area contributed by atoms with Gasteiger partial charge in [-0.15, -0.1) is 0 Å². The summed E-state index contributed by atoms with van der Waals surface area (Å²) in [6.45, 7) is 8.83. The second-order valence-electron chi connectivity index (χ2n) is 6.47. The van der Waals surface area contributed by atoms with Crippen molar-refractivity contribution in [1.29, 1.82) is 0 Å². The molecule has 0 bridgehead atoms. The van der Waals surface area contributed by atoms with Crippen molar-refractivity contribution >= 4 is 0 Å². The lowest BCUT2D eigenvalue weighted by Crippen LogP contribution is -2.37. The first-order valence-electron chi connectivity index (χ1n) is 9.17. The molecule has 3 nitrogen and oxygen atoms in total. The zero-order valence-corrected chi connectivity index (χ0v) is 14.8. The van der Waals surface area contributed by atoms with Gasteiger partial charge in [0.2, 0.25) is 0 Å². The van der Waals surface area contributed by atoms with E-state index in [-0.39, 0.29) is 0 Å². The first-order valence-corrected chi connectivity index (χ1v) is 9.17. The minimum absolute atomic E-state index is 0.644. The molecule has 23 heavy (non-hydrogen) atoms. The van der Waals surface area contributed by atoms with Gasteiger partial charge in [-0.05, 0) is 45.1 Å². The van der Waals surface area contributed by atoms with Gasteiger partial charge in [-0.3, -0.25) is 0 Å². The quantitative estimate of drug-likeness (QED) is 0.794. The lowest BCUT2D eigenvalue weighted by atomic mass is 9.88. The molecule has 2 aromatic rings. The standard InChI is InChI=1S/C20H29N3/c1-4-17-13-10-14-18-20(17)21-19(23(18)22(5-2)6-3)15-16-11-8-7-9-12-16/h7-9,11-12,17H,4-6,10,13-15H2,1-3H3. The maximum Gasteiger partial charge on any atom is 0.132 e. The Morgan fingerprint density at radius 2 is 1.87 bits per heavy atom. The Labute approximate surface area is 140 Å². The number of imidazole rings is 1. The molecule has 0 saturated heterocycles. The van der Waals surface area contributed by atoms with Crippen molar-refractivity contribution < 1.29 is 0 Å². The zero-order valence-electron chi connectivity index (χ0n) is 14.8. The summed E-state index contributed by atoms with van der Waals surface area (Å²) >= 11 is 0. The second-order valence-corrected chi connectivity index (χ2v) is 6.47. The summed E-state index contributed by atoms with van der Waals surface area (Å²) in [5.41, 5.74) is 4.19. The normalized spacial score (nSPS) is 17.1. The van der Waals surface area contributed by atoms with Gasteiger partial charge in [0, 0.05) is 25.4 Å². The predicted molar refractivity (Wildman–Crippen MR) is 96.7 cm³/mol. The molecule has 1 atom stereocenters. The zero-order chi connectivity index (χ0) is 16.2. The minimum Gasteiger partial charge on any atom is -0.312 e. The van der Waals surface area contributed by atoms with Crippen molar-refractivity contribution in [2.24, 2.45) is 0 Å². The molecule has 0 aliphatic heterocycles. The summed E-state index contributed by atoms with van der Waals surface area (Å²) in [5.74, 6) is 1.86. The molecule has 0 saturated carbocycles. The van der Waals surface area contributed by atoms with E-state index in [0.717, 1.165) is 19.5 Å². The molecule has 0 N–H and O–H groups in total. The Morgan fingerprint density at radius 1 is 1.13 bits per heavy atom. The van der Waals surface area contributed by atoms with Crippen LogP contribution in [-0.2, 0) is 12.8 Å². The van der Waals surface area contributed by atoms with Crippen LogP contribution in [0.25, 0.3) is 0 Å². The number of rotatable bonds is 6. The molecule has 124 valence electrons. The van der Waals surface area contributed by atoms with E-state index in [1.165, 1.54) is 48.5 Å². The van der Waals surface area contributed by atoms with Crippen molar-refractivity contribution in [3.05, 3.63) is 53.1 Å². The van der Waals surface area contributed by atoms with Crippen LogP contribution in [-0.4, -0.2) is 22.7 Å². The monoisotopic (exact) mass is 311 g/mol. The number of hydrogen-bond donors (Lipinski definition) is 0. The third-order valence-corrected chi connectivity index (χ3v) is 5.11. The predicted octanol–water partition coefficient (Wildman–Crippen LogP) is 4.28. The number of benzene rings is 1. The minimum atomic E-state index is 0.644. The van der Waals surface area contributed by atoms with E-state index in [4.69, 9.17) is 4.98 Å². The molecule has 3 rings (SSSR count). The smallest absolute Gasteiger partial charge is 0.132 e. The third-order valence-electron chi connectivity index (χ3n) is 5.11. The van der Waals surface area contributed by atoms with Crippen molar-refractivity contribution in [3.8, 4) is 0 Å². The summed E-state index contributed by atoms with van der Waals surface area (Å²) in [7, 11) is 0. The average molecular weight is 311 g/mol. The van der Waals surface area contributed by atoms with Crippen molar-refractivity contribution in [2.45, 2.75) is 58.8 Å². The average Bonchev–Trinajstić information content (AvgIpc) is 2.95. The summed E-state index contributed by atoms with van der Waals surface area (Å²) in [5, 5.41) is 2.43. The van der Waals surface area contributed by atoms with Gasteiger partial charge in [0.1, 0.15) is 5.82 Å². The highest BCUT2D eigenvalue weighted by atomic mass is 15.6. The molecule has 0 spiro atoms. The van der Waals surface area contributed by atoms with Crippen LogP contribution >= 0.6 is 0 Å².